The lowest BCUT2D eigenvalue weighted by molar-refractivity contribution is 0.0697. The van der Waals surface area contributed by atoms with E-state index in [0.29, 0.717) is 33.9 Å². The molecule has 0 amide bonds. The second-order valence-corrected chi connectivity index (χ2v) is 10.4. The molecule has 5 aromatic rings. The molecule has 8 heteroatoms. The van der Waals surface area contributed by atoms with Crippen LogP contribution in [0.1, 0.15) is 38.4 Å². The number of carbonyl (C=O) groups is 1. The summed E-state index contributed by atoms with van der Waals surface area (Å²) in [5, 5.41) is 10.3. The molecule has 0 aliphatic rings. The first-order chi connectivity index (χ1) is 20.8. The van der Waals surface area contributed by atoms with Crippen LogP contribution in [0.4, 0.5) is 0 Å². The van der Waals surface area contributed by atoms with Crippen LogP contribution < -0.4 is 9.47 Å². The lowest BCUT2D eigenvalue weighted by Crippen LogP contribution is -2.02. The summed E-state index contributed by atoms with van der Waals surface area (Å²) in [7, 11) is 3.25. The summed E-state index contributed by atoms with van der Waals surface area (Å²) < 4.78 is 12.8. The highest BCUT2D eigenvalue weighted by atomic mass is 35.5. The number of carboxylic acid groups (broad SMARTS) is 1. The number of imidazole rings is 1. The zero-order chi connectivity index (χ0) is 30.3. The van der Waals surface area contributed by atoms with Gasteiger partial charge in [0, 0.05) is 40.0 Å². The summed E-state index contributed by atoms with van der Waals surface area (Å²) >= 11 is 12.6. The Morgan fingerprint density at radius 1 is 0.884 bits per heavy atom. The molecule has 0 saturated heterocycles. The van der Waals surface area contributed by atoms with Crippen LogP contribution in [-0.2, 0) is 6.54 Å². The van der Waals surface area contributed by atoms with Crippen molar-refractivity contribution in [3.8, 4) is 34.6 Å². The smallest absolute Gasteiger partial charge is 0.335 e. The van der Waals surface area contributed by atoms with Crippen LogP contribution in [0.15, 0.2) is 91.1 Å². The molecule has 6 nitrogen and oxygen atoms in total. The van der Waals surface area contributed by atoms with Crippen molar-refractivity contribution in [1.29, 1.82) is 0 Å². The summed E-state index contributed by atoms with van der Waals surface area (Å²) in [4.78, 5) is 16.2. The maximum absolute atomic E-state index is 11.3. The third-order valence-corrected chi connectivity index (χ3v) is 7.20. The Hall–Kier alpha value is -4.96. The van der Waals surface area contributed by atoms with Gasteiger partial charge in [-0.15, -0.1) is 0 Å². The van der Waals surface area contributed by atoms with Crippen molar-refractivity contribution in [3.63, 3.8) is 0 Å². The van der Waals surface area contributed by atoms with Gasteiger partial charge in [0.2, 0.25) is 0 Å². The Labute approximate surface area is 259 Å². The molecule has 0 atom stereocenters. The number of benzene rings is 4. The average molecular weight is 610 g/mol. The van der Waals surface area contributed by atoms with E-state index in [2.05, 4.69) is 11.8 Å². The van der Waals surface area contributed by atoms with Crippen LogP contribution in [0, 0.1) is 11.8 Å². The number of hydrogen-bond donors (Lipinski definition) is 1. The van der Waals surface area contributed by atoms with E-state index < -0.39 is 5.97 Å². The largest absolute Gasteiger partial charge is 0.497 e. The van der Waals surface area contributed by atoms with Crippen LogP contribution in [0.5, 0.6) is 11.5 Å². The van der Waals surface area contributed by atoms with Crippen LogP contribution in [-0.4, -0.2) is 34.8 Å². The molecule has 43 heavy (non-hydrogen) atoms. The van der Waals surface area contributed by atoms with Gasteiger partial charge in [0.25, 0.3) is 0 Å². The monoisotopic (exact) mass is 608 g/mol. The van der Waals surface area contributed by atoms with Crippen molar-refractivity contribution in [3.05, 3.63) is 135 Å². The second-order valence-electron chi connectivity index (χ2n) is 9.51. The molecule has 214 valence electrons. The van der Waals surface area contributed by atoms with Crippen LogP contribution in [0.25, 0.3) is 23.4 Å². The normalized spacial score (nSPS) is 10.8. The summed E-state index contributed by atoms with van der Waals surface area (Å²) in [5.41, 5.74) is 5.09. The molecular weight excluding hydrogens is 583 g/mol. The fourth-order valence-corrected chi connectivity index (χ4v) is 4.90. The van der Waals surface area contributed by atoms with Gasteiger partial charge in [-0.1, -0.05) is 47.2 Å². The van der Waals surface area contributed by atoms with Crippen molar-refractivity contribution in [2.45, 2.75) is 6.54 Å². The Morgan fingerprint density at radius 2 is 1.60 bits per heavy atom. The van der Waals surface area contributed by atoms with Gasteiger partial charge < -0.3 is 19.1 Å². The number of carboxylic acids is 1. The molecule has 0 saturated carbocycles. The first kappa shape index (κ1) is 29.5. The van der Waals surface area contributed by atoms with E-state index in [1.165, 1.54) is 0 Å². The Kier molecular flexibility index (Phi) is 9.17. The Bertz CT molecular complexity index is 1870. The van der Waals surface area contributed by atoms with E-state index in [1.807, 2.05) is 71.4 Å². The molecule has 0 aliphatic heterocycles. The summed E-state index contributed by atoms with van der Waals surface area (Å²) in [6.45, 7) is 0.461. The molecule has 1 heterocycles. The molecule has 0 spiro atoms. The molecule has 4 aromatic carbocycles. The third kappa shape index (κ3) is 7.28. The number of rotatable bonds is 8. The van der Waals surface area contributed by atoms with Crippen LogP contribution >= 0.6 is 23.2 Å². The maximum Gasteiger partial charge on any atom is 0.335 e. The Morgan fingerprint density at radius 3 is 2.28 bits per heavy atom. The summed E-state index contributed by atoms with van der Waals surface area (Å²) in [5.74, 6) is 7.56. The van der Waals surface area contributed by atoms with Crippen LogP contribution in [0.3, 0.4) is 0 Å². The zero-order valence-corrected chi connectivity index (χ0v) is 24.9. The number of nitrogens with zero attached hydrogens (tertiary/aromatic N) is 2. The van der Waals surface area contributed by atoms with Gasteiger partial charge in [0.05, 0.1) is 30.5 Å². The van der Waals surface area contributed by atoms with Crippen molar-refractivity contribution in [2.75, 3.05) is 14.2 Å². The standard InChI is InChI=1S/C35H26Cl2N2O4/c1-42-29-14-7-23(8-15-29)3-4-24-9-17-33(43-2)27(19-24)12-18-34-38-32(30-16-13-28(36)20-31(30)37)22-39(34)21-25-5-10-26(11-6-25)35(40)41/h5-20,22H,21H2,1-2H3,(H,40,41). The molecule has 1 N–H and O–H groups in total. The van der Waals surface area contributed by atoms with Crippen molar-refractivity contribution in [2.24, 2.45) is 0 Å². The minimum Gasteiger partial charge on any atom is -0.497 e. The molecule has 1 aromatic heterocycles. The second kappa shape index (κ2) is 13.3. The average Bonchev–Trinajstić information content (AvgIpc) is 3.41. The van der Waals surface area contributed by atoms with Gasteiger partial charge in [0.15, 0.2) is 0 Å². The molecule has 0 aliphatic carbocycles. The quantitative estimate of drug-likeness (QED) is 0.180. The van der Waals surface area contributed by atoms with Gasteiger partial charge in [0.1, 0.15) is 17.3 Å². The molecule has 0 radical (unpaired) electrons. The highest BCUT2D eigenvalue weighted by molar-refractivity contribution is 6.36. The van der Waals surface area contributed by atoms with Gasteiger partial charge in [-0.2, -0.15) is 0 Å². The van der Waals surface area contributed by atoms with Gasteiger partial charge in [-0.25, -0.2) is 9.78 Å². The van der Waals surface area contributed by atoms with Crippen molar-refractivity contribution >= 4 is 41.3 Å². The SMILES string of the molecule is COc1ccc(C#Cc2ccc(OC)c(C=Cc3nc(-c4ccc(Cl)cc4Cl)cn3Cc3ccc(C(=O)O)cc3)c2)cc1. The van der Waals surface area contributed by atoms with E-state index in [-0.39, 0.29) is 5.56 Å². The molecular formula is C35H26Cl2N2O4. The third-order valence-electron chi connectivity index (χ3n) is 6.65. The van der Waals surface area contributed by atoms with E-state index >= 15 is 0 Å². The maximum atomic E-state index is 11.3. The lowest BCUT2D eigenvalue weighted by Gasteiger charge is -2.07. The zero-order valence-electron chi connectivity index (χ0n) is 23.3. The first-order valence-electron chi connectivity index (χ1n) is 13.2. The van der Waals surface area contributed by atoms with E-state index in [9.17, 15) is 9.90 Å². The summed E-state index contributed by atoms with van der Waals surface area (Å²) in [6.07, 6.45) is 5.74. The van der Waals surface area contributed by atoms with Gasteiger partial charge in [-0.05, 0) is 90.5 Å². The fourth-order valence-electron chi connectivity index (χ4n) is 4.39. The van der Waals surface area contributed by atoms with E-state index in [4.69, 9.17) is 37.7 Å². The first-order valence-corrected chi connectivity index (χ1v) is 14.0. The van der Waals surface area contributed by atoms with Crippen LogP contribution in [0.2, 0.25) is 10.0 Å². The van der Waals surface area contributed by atoms with Crippen molar-refractivity contribution < 1.29 is 19.4 Å². The highest BCUT2D eigenvalue weighted by Crippen LogP contribution is 2.31. The Balaban J connectivity index is 1.49. The number of halogens is 2. The van der Waals surface area contributed by atoms with Crippen molar-refractivity contribution in [1.82, 2.24) is 9.55 Å². The molecule has 0 fully saturated rings. The van der Waals surface area contributed by atoms with E-state index in [0.717, 1.165) is 33.6 Å². The number of aromatic nitrogens is 2. The number of hydrogen-bond acceptors (Lipinski definition) is 4. The topological polar surface area (TPSA) is 73.6 Å². The number of ether oxygens (including phenoxy) is 2. The number of methoxy groups -OCH3 is 2. The lowest BCUT2D eigenvalue weighted by atomic mass is 10.1. The highest BCUT2D eigenvalue weighted by Gasteiger charge is 2.13. The van der Waals surface area contributed by atoms with E-state index in [1.54, 1.807) is 50.6 Å². The number of aromatic carboxylic acids is 1. The fraction of sp³-hybridized carbons (Fsp3) is 0.0857. The predicted molar refractivity (Wildman–Crippen MR) is 171 cm³/mol. The minimum absolute atomic E-state index is 0.227. The molecule has 0 unspecified atom stereocenters. The predicted octanol–water partition coefficient (Wildman–Crippen LogP) is 8.19. The van der Waals surface area contributed by atoms with Gasteiger partial charge >= 0.3 is 5.97 Å². The van der Waals surface area contributed by atoms with Gasteiger partial charge in [-0.3, -0.25) is 0 Å². The molecule has 0 bridgehead atoms. The summed E-state index contributed by atoms with van der Waals surface area (Å²) in [6, 6.07) is 25.4. The minimum atomic E-state index is -0.970. The molecule has 5 rings (SSSR count).